The number of carbonyl (C=O) groups excluding carboxylic acids is 1. The van der Waals surface area contributed by atoms with E-state index >= 15 is 0 Å². The number of nitrogens with zero attached hydrogens (tertiary/aromatic N) is 1. The molecule has 1 heterocycles. The molecule has 100 valence electrons. The van der Waals surface area contributed by atoms with Gasteiger partial charge < -0.3 is 14.8 Å². The summed E-state index contributed by atoms with van der Waals surface area (Å²) in [7, 11) is 0. The molecule has 0 fully saturated rings. The van der Waals surface area contributed by atoms with E-state index in [1.165, 1.54) is 0 Å². The Morgan fingerprint density at radius 3 is 2.89 bits per heavy atom. The van der Waals surface area contributed by atoms with Gasteiger partial charge in [-0.25, -0.2) is 0 Å². The predicted molar refractivity (Wildman–Crippen MR) is 69.2 cm³/mol. The summed E-state index contributed by atoms with van der Waals surface area (Å²) < 4.78 is 10.9. The Morgan fingerprint density at radius 2 is 2.21 bits per heavy atom. The fourth-order valence-corrected chi connectivity index (χ4v) is 1.77. The third kappa shape index (κ3) is 2.63. The first kappa shape index (κ1) is 13.2. The molecule has 5 heteroatoms. The van der Waals surface area contributed by atoms with Gasteiger partial charge in [-0.2, -0.15) is 5.26 Å². The number of rotatable bonds is 3. The average molecular weight is 260 g/mol. The Hall–Kier alpha value is -2.22. The Bertz CT molecular complexity index is 536. The second-order valence-electron chi connectivity index (χ2n) is 4.58. The van der Waals surface area contributed by atoms with Gasteiger partial charge in [0.2, 0.25) is 0 Å². The minimum absolute atomic E-state index is 0.326. The number of para-hydroxylation sites is 1. The van der Waals surface area contributed by atoms with Crippen molar-refractivity contribution in [3.63, 3.8) is 0 Å². The molecule has 5 nitrogen and oxygen atoms in total. The molecule has 1 aromatic rings. The molecule has 1 aliphatic heterocycles. The number of nitrogens with one attached hydrogen (secondary N) is 1. The summed E-state index contributed by atoms with van der Waals surface area (Å²) in [5.41, 5.74) is -0.484. The predicted octanol–water partition coefficient (Wildman–Crippen LogP) is 1.88. The summed E-state index contributed by atoms with van der Waals surface area (Å²) in [4.78, 5) is 12.3. The van der Waals surface area contributed by atoms with Crippen molar-refractivity contribution in [1.82, 2.24) is 5.32 Å². The maximum Gasteiger partial charge on any atom is 0.256 e. The molecule has 0 spiro atoms. The summed E-state index contributed by atoms with van der Waals surface area (Å²) >= 11 is 0. The molecular weight excluding hydrogens is 244 g/mol. The quantitative estimate of drug-likeness (QED) is 0.900. The van der Waals surface area contributed by atoms with Gasteiger partial charge in [-0.15, -0.1) is 0 Å². The SMILES string of the molecule is CCC(C)(C#N)NC(=O)c1cccc2c1OCCO2. The zero-order chi connectivity index (χ0) is 13.9. The third-order valence-electron chi connectivity index (χ3n) is 3.15. The molecule has 0 radical (unpaired) electrons. The van der Waals surface area contributed by atoms with E-state index in [2.05, 4.69) is 11.4 Å². The van der Waals surface area contributed by atoms with E-state index in [1.54, 1.807) is 25.1 Å². The number of hydrogen-bond acceptors (Lipinski definition) is 4. The van der Waals surface area contributed by atoms with Crippen molar-refractivity contribution in [2.75, 3.05) is 13.2 Å². The van der Waals surface area contributed by atoms with Gasteiger partial charge in [-0.05, 0) is 25.5 Å². The van der Waals surface area contributed by atoms with Gasteiger partial charge in [0.15, 0.2) is 11.5 Å². The molecule has 0 aliphatic carbocycles. The molecule has 1 aliphatic rings. The fraction of sp³-hybridized carbons (Fsp3) is 0.429. The van der Waals surface area contributed by atoms with Gasteiger partial charge >= 0.3 is 0 Å². The van der Waals surface area contributed by atoms with Crippen molar-refractivity contribution in [2.45, 2.75) is 25.8 Å². The second-order valence-corrected chi connectivity index (χ2v) is 4.58. The summed E-state index contributed by atoms with van der Waals surface area (Å²) in [6.45, 7) is 4.44. The third-order valence-corrected chi connectivity index (χ3v) is 3.15. The number of amides is 1. The van der Waals surface area contributed by atoms with Crippen LogP contribution in [0, 0.1) is 11.3 Å². The van der Waals surface area contributed by atoms with Crippen LogP contribution in [0.3, 0.4) is 0 Å². The van der Waals surface area contributed by atoms with Crippen LogP contribution in [0.5, 0.6) is 11.5 Å². The van der Waals surface area contributed by atoms with Gasteiger partial charge in [0.05, 0.1) is 11.6 Å². The van der Waals surface area contributed by atoms with Crippen LogP contribution >= 0.6 is 0 Å². The first-order valence-electron chi connectivity index (χ1n) is 6.22. The van der Waals surface area contributed by atoms with E-state index in [0.29, 0.717) is 36.7 Å². The zero-order valence-electron chi connectivity index (χ0n) is 11.0. The van der Waals surface area contributed by atoms with Crippen LogP contribution in [-0.4, -0.2) is 24.7 Å². The second kappa shape index (κ2) is 5.19. The molecule has 2 rings (SSSR count). The van der Waals surface area contributed by atoms with E-state index in [1.807, 2.05) is 6.92 Å². The van der Waals surface area contributed by atoms with Gasteiger partial charge in [-0.3, -0.25) is 4.79 Å². The van der Waals surface area contributed by atoms with E-state index in [9.17, 15) is 4.79 Å². The molecule has 0 saturated carbocycles. The number of hydrogen-bond donors (Lipinski definition) is 1. The van der Waals surface area contributed by atoms with Crippen LogP contribution in [-0.2, 0) is 0 Å². The molecule has 1 N–H and O–H groups in total. The van der Waals surface area contributed by atoms with Gasteiger partial charge in [-0.1, -0.05) is 13.0 Å². The first-order valence-corrected chi connectivity index (χ1v) is 6.22. The van der Waals surface area contributed by atoms with Crippen LogP contribution in [0.15, 0.2) is 18.2 Å². The average Bonchev–Trinajstić information content (AvgIpc) is 2.46. The summed E-state index contributed by atoms with van der Waals surface area (Å²) in [6, 6.07) is 7.26. The maximum atomic E-state index is 12.3. The Balaban J connectivity index is 2.28. The standard InChI is InChI=1S/C14H16N2O3/c1-3-14(2,9-15)16-13(17)10-5-4-6-11-12(10)19-8-7-18-11/h4-6H,3,7-8H2,1-2H3,(H,16,17). The molecule has 1 aromatic carbocycles. The highest BCUT2D eigenvalue weighted by atomic mass is 16.6. The molecule has 1 atom stereocenters. The number of carbonyl (C=O) groups is 1. The highest BCUT2D eigenvalue weighted by Crippen LogP contribution is 2.33. The van der Waals surface area contributed by atoms with E-state index in [4.69, 9.17) is 14.7 Å². The van der Waals surface area contributed by atoms with Gasteiger partial charge in [0, 0.05) is 0 Å². The fourth-order valence-electron chi connectivity index (χ4n) is 1.77. The normalized spacial score (nSPS) is 16.1. The minimum Gasteiger partial charge on any atom is -0.486 e. The van der Waals surface area contributed by atoms with Crippen LogP contribution in [0.4, 0.5) is 0 Å². The minimum atomic E-state index is -0.880. The summed E-state index contributed by atoms with van der Waals surface area (Å²) in [5, 5.41) is 11.8. The number of fused-ring (bicyclic) bond motifs is 1. The lowest BCUT2D eigenvalue weighted by molar-refractivity contribution is 0.0912. The smallest absolute Gasteiger partial charge is 0.256 e. The topological polar surface area (TPSA) is 71.4 Å². The molecule has 0 aromatic heterocycles. The maximum absolute atomic E-state index is 12.3. The largest absolute Gasteiger partial charge is 0.486 e. The van der Waals surface area contributed by atoms with Crippen LogP contribution in [0.2, 0.25) is 0 Å². The van der Waals surface area contributed by atoms with E-state index < -0.39 is 5.54 Å². The summed E-state index contributed by atoms with van der Waals surface area (Å²) in [5.74, 6) is 0.685. The van der Waals surface area contributed by atoms with Crippen LogP contribution in [0.1, 0.15) is 30.6 Å². The molecular formula is C14H16N2O3. The lowest BCUT2D eigenvalue weighted by atomic mass is 10.0. The Morgan fingerprint density at radius 1 is 1.47 bits per heavy atom. The highest BCUT2D eigenvalue weighted by molar-refractivity contribution is 5.98. The number of nitriles is 1. The Kier molecular flexibility index (Phi) is 3.61. The van der Waals surface area contributed by atoms with E-state index in [0.717, 1.165) is 0 Å². The van der Waals surface area contributed by atoms with Crippen molar-refractivity contribution >= 4 is 5.91 Å². The van der Waals surface area contributed by atoms with Gasteiger partial charge in [0.1, 0.15) is 18.8 Å². The van der Waals surface area contributed by atoms with Crippen molar-refractivity contribution in [3.05, 3.63) is 23.8 Å². The summed E-state index contributed by atoms with van der Waals surface area (Å²) in [6.07, 6.45) is 0.529. The Labute approximate surface area is 112 Å². The first-order chi connectivity index (χ1) is 9.09. The monoisotopic (exact) mass is 260 g/mol. The highest BCUT2D eigenvalue weighted by Gasteiger charge is 2.27. The molecule has 1 amide bonds. The van der Waals surface area contributed by atoms with Crippen LogP contribution in [0.25, 0.3) is 0 Å². The van der Waals surface area contributed by atoms with E-state index in [-0.39, 0.29) is 5.91 Å². The lowest BCUT2D eigenvalue weighted by Crippen LogP contribution is -2.44. The van der Waals surface area contributed by atoms with Crippen molar-refractivity contribution in [3.8, 4) is 17.6 Å². The van der Waals surface area contributed by atoms with Crippen molar-refractivity contribution in [2.24, 2.45) is 0 Å². The lowest BCUT2D eigenvalue weighted by Gasteiger charge is -2.24. The number of ether oxygens (including phenoxy) is 2. The molecule has 1 unspecified atom stereocenters. The van der Waals surface area contributed by atoms with Crippen LogP contribution < -0.4 is 14.8 Å². The molecule has 19 heavy (non-hydrogen) atoms. The van der Waals surface area contributed by atoms with Gasteiger partial charge in [0.25, 0.3) is 5.91 Å². The number of benzene rings is 1. The van der Waals surface area contributed by atoms with Crippen molar-refractivity contribution in [1.29, 1.82) is 5.26 Å². The zero-order valence-corrected chi connectivity index (χ0v) is 11.0. The molecule has 0 bridgehead atoms. The van der Waals surface area contributed by atoms with Crippen molar-refractivity contribution < 1.29 is 14.3 Å². The molecule has 0 saturated heterocycles.